The standard InChI is InChI=1S/C21H21N3O5S/c25-20-6-3-11-24(20)16-7-9-17(10-8-16)30(28,29)23-19(21(26)27)13-15-12-14-4-1-2-5-18(14)22-15/h1-2,4-5,7-10,12,19,22-23H,3,6,11,13H2,(H,26,27)/t19-/m1/s1. The number of anilines is 1. The second-order valence-corrected chi connectivity index (χ2v) is 8.95. The highest BCUT2D eigenvalue weighted by Gasteiger charge is 2.27. The van der Waals surface area contributed by atoms with Gasteiger partial charge in [-0.2, -0.15) is 4.72 Å². The van der Waals surface area contributed by atoms with Gasteiger partial charge >= 0.3 is 5.97 Å². The van der Waals surface area contributed by atoms with Gasteiger partial charge in [0.1, 0.15) is 6.04 Å². The van der Waals surface area contributed by atoms with E-state index in [1.54, 1.807) is 23.1 Å². The van der Waals surface area contributed by atoms with Crippen LogP contribution in [-0.2, 0) is 26.0 Å². The number of H-pyrrole nitrogens is 1. The lowest BCUT2D eigenvalue weighted by Crippen LogP contribution is -2.42. The molecule has 1 saturated heterocycles. The predicted octanol–water partition coefficient (Wildman–Crippen LogP) is 2.27. The van der Waals surface area contributed by atoms with Crippen molar-refractivity contribution in [3.63, 3.8) is 0 Å². The lowest BCUT2D eigenvalue weighted by Gasteiger charge is -2.17. The molecule has 1 aliphatic heterocycles. The number of nitrogens with zero attached hydrogens (tertiary/aromatic N) is 1. The zero-order valence-electron chi connectivity index (χ0n) is 16.0. The number of sulfonamides is 1. The molecule has 3 N–H and O–H groups in total. The molecule has 30 heavy (non-hydrogen) atoms. The number of fused-ring (bicyclic) bond motifs is 1. The van der Waals surface area contributed by atoms with Crippen LogP contribution in [0.15, 0.2) is 59.5 Å². The molecule has 1 amide bonds. The lowest BCUT2D eigenvalue weighted by atomic mass is 10.1. The minimum atomic E-state index is -4.06. The summed E-state index contributed by atoms with van der Waals surface area (Å²) in [7, 11) is -4.06. The second-order valence-electron chi connectivity index (χ2n) is 7.24. The Hall–Kier alpha value is -3.17. The van der Waals surface area contributed by atoms with Crippen molar-refractivity contribution in [2.75, 3.05) is 11.4 Å². The minimum Gasteiger partial charge on any atom is -0.480 e. The van der Waals surface area contributed by atoms with Crippen molar-refractivity contribution in [2.45, 2.75) is 30.2 Å². The Balaban J connectivity index is 1.52. The molecule has 156 valence electrons. The van der Waals surface area contributed by atoms with Crippen LogP contribution in [0.25, 0.3) is 10.9 Å². The van der Waals surface area contributed by atoms with E-state index in [1.165, 1.54) is 12.1 Å². The van der Waals surface area contributed by atoms with Gasteiger partial charge in [-0.3, -0.25) is 9.59 Å². The number of carboxylic acids is 1. The van der Waals surface area contributed by atoms with Gasteiger partial charge in [-0.1, -0.05) is 18.2 Å². The normalized spacial score (nSPS) is 15.6. The Morgan fingerprint density at radius 1 is 1.17 bits per heavy atom. The number of carboxylic acid groups (broad SMARTS) is 1. The molecular weight excluding hydrogens is 406 g/mol. The molecule has 9 heteroatoms. The highest BCUT2D eigenvalue weighted by atomic mass is 32.2. The number of amides is 1. The van der Waals surface area contributed by atoms with E-state index in [0.29, 0.717) is 24.3 Å². The van der Waals surface area contributed by atoms with Gasteiger partial charge in [-0.25, -0.2) is 8.42 Å². The Morgan fingerprint density at radius 3 is 2.53 bits per heavy atom. The highest BCUT2D eigenvalue weighted by Crippen LogP contribution is 2.23. The van der Waals surface area contributed by atoms with Crippen LogP contribution >= 0.6 is 0 Å². The number of aromatic amines is 1. The molecule has 3 aromatic rings. The number of benzene rings is 2. The lowest BCUT2D eigenvalue weighted by molar-refractivity contribution is -0.139. The van der Waals surface area contributed by atoms with Gasteiger partial charge in [0.15, 0.2) is 0 Å². The van der Waals surface area contributed by atoms with E-state index in [0.717, 1.165) is 17.3 Å². The topological polar surface area (TPSA) is 120 Å². The Morgan fingerprint density at radius 2 is 1.90 bits per heavy atom. The largest absolute Gasteiger partial charge is 0.480 e. The molecular formula is C21H21N3O5S. The van der Waals surface area contributed by atoms with Gasteiger partial charge in [-0.15, -0.1) is 0 Å². The first-order chi connectivity index (χ1) is 14.3. The first-order valence-electron chi connectivity index (χ1n) is 9.56. The quantitative estimate of drug-likeness (QED) is 0.534. The van der Waals surface area contributed by atoms with Crippen molar-refractivity contribution < 1.29 is 23.1 Å². The molecule has 2 heterocycles. The zero-order chi connectivity index (χ0) is 21.3. The van der Waals surface area contributed by atoms with Crippen molar-refractivity contribution in [2.24, 2.45) is 0 Å². The average Bonchev–Trinajstić information content (AvgIpc) is 3.32. The van der Waals surface area contributed by atoms with E-state index in [2.05, 4.69) is 9.71 Å². The maximum atomic E-state index is 12.7. The van der Waals surface area contributed by atoms with E-state index >= 15 is 0 Å². The van der Waals surface area contributed by atoms with E-state index in [4.69, 9.17) is 0 Å². The Bertz CT molecular complexity index is 1170. The number of nitrogens with one attached hydrogen (secondary N) is 2. The molecule has 0 bridgehead atoms. The molecule has 1 aliphatic rings. The maximum absolute atomic E-state index is 12.7. The zero-order valence-corrected chi connectivity index (χ0v) is 16.9. The fourth-order valence-corrected chi connectivity index (χ4v) is 4.81. The van der Waals surface area contributed by atoms with Crippen molar-refractivity contribution in [3.8, 4) is 0 Å². The van der Waals surface area contributed by atoms with Crippen molar-refractivity contribution in [3.05, 3.63) is 60.3 Å². The number of hydrogen-bond acceptors (Lipinski definition) is 4. The summed E-state index contributed by atoms with van der Waals surface area (Å²) in [6.45, 7) is 0.606. The van der Waals surface area contributed by atoms with Crippen molar-refractivity contribution in [1.82, 2.24) is 9.71 Å². The minimum absolute atomic E-state index is 0.00741. The number of aromatic nitrogens is 1. The molecule has 0 aliphatic carbocycles. The van der Waals surface area contributed by atoms with Crippen LogP contribution in [0.5, 0.6) is 0 Å². The Labute approximate surface area is 173 Å². The van der Waals surface area contributed by atoms with Gasteiger partial charge in [-0.05, 0) is 48.2 Å². The van der Waals surface area contributed by atoms with Crippen LogP contribution in [-0.4, -0.2) is 43.0 Å². The molecule has 4 rings (SSSR count). The summed E-state index contributed by atoms with van der Waals surface area (Å²) >= 11 is 0. The third-order valence-corrected chi connectivity index (χ3v) is 6.62. The smallest absolute Gasteiger partial charge is 0.322 e. The van der Waals surface area contributed by atoms with Gasteiger partial charge in [0.05, 0.1) is 4.90 Å². The first-order valence-corrected chi connectivity index (χ1v) is 11.0. The molecule has 1 fully saturated rings. The van der Waals surface area contributed by atoms with Crippen LogP contribution in [0, 0.1) is 0 Å². The first kappa shape index (κ1) is 20.1. The number of carbonyl (C=O) groups is 2. The summed E-state index contributed by atoms with van der Waals surface area (Å²) < 4.78 is 27.8. The maximum Gasteiger partial charge on any atom is 0.322 e. The SMILES string of the molecule is O=C(O)[C@@H](Cc1cc2ccccc2[nH]1)NS(=O)(=O)c1ccc(N2CCCC2=O)cc1. The molecule has 8 nitrogen and oxygen atoms in total. The van der Waals surface area contributed by atoms with Crippen LogP contribution < -0.4 is 9.62 Å². The van der Waals surface area contributed by atoms with E-state index in [9.17, 15) is 23.1 Å². The summed E-state index contributed by atoms with van der Waals surface area (Å²) in [6, 6.07) is 13.8. The van der Waals surface area contributed by atoms with Gasteiger partial charge in [0.2, 0.25) is 15.9 Å². The predicted molar refractivity (Wildman–Crippen MR) is 112 cm³/mol. The third kappa shape index (κ3) is 4.07. The fourth-order valence-electron chi connectivity index (χ4n) is 3.62. The number of para-hydroxylation sites is 1. The van der Waals surface area contributed by atoms with E-state index in [1.807, 2.05) is 24.3 Å². The van der Waals surface area contributed by atoms with E-state index < -0.39 is 22.0 Å². The monoisotopic (exact) mass is 427 g/mol. The van der Waals surface area contributed by atoms with Crippen molar-refractivity contribution in [1.29, 1.82) is 0 Å². The molecule has 0 unspecified atom stereocenters. The molecule has 0 spiro atoms. The van der Waals surface area contributed by atoms with Gasteiger partial charge in [0, 0.05) is 36.3 Å². The van der Waals surface area contributed by atoms with Crippen LogP contribution in [0.1, 0.15) is 18.5 Å². The third-order valence-electron chi connectivity index (χ3n) is 5.14. The summed E-state index contributed by atoms with van der Waals surface area (Å²) in [5.74, 6) is -1.26. The summed E-state index contributed by atoms with van der Waals surface area (Å²) in [5, 5.41) is 10.5. The van der Waals surface area contributed by atoms with Crippen LogP contribution in [0.3, 0.4) is 0 Å². The van der Waals surface area contributed by atoms with Gasteiger partial charge in [0.25, 0.3) is 0 Å². The fraction of sp³-hybridized carbons (Fsp3) is 0.238. The number of aliphatic carboxylic acids is 1. The molecule has 1 aromatic heterocycles. The second kappa shape index (κ2) is 7.92. The van der Waals surface area contributed by atoms with Crippen LogP contribution in [0.4, 0.5) is 5.69 Å². The molecule has 2 aromatic carbocycles. The van der Waals surface area contributed by atoms with Gasteiger partial charge < -0.3 is 15.0 Å². The number of hydrogen-bond donors (Lipinski definition) is 3. The highest BCUT2D eigenvalue weighted by molar-refractivity contribution is 7.89. The molecule has 0 saturated carbocycles. The van der Waals surface area contributed by atoms with Crippen LogP contribution in [0.2, 0.25) is 0 Å². The Kier molecular flexibility index (Phi) is 5.31. The number of rotatable bonds is 7. The van der Waals surface area contributed by atoms with Crippen molar-refractivity contribution >= 4 is 38.5 Å². The summed E-state index contributed by atoms with van der Waals surface area (Å²) in [5.41, 5.74) is 2.10. The molecule has 0 radical (unpaired) electrons. The average molecular weight is 427 g/mol. The van der Waals surface area contributed by atoms with E-state index in [-0.39, 0.29) is 17.2 Å². The number of carbonyl (C=O) groups excluding carboxylic acids is 1. The summed E-state index contributed by atoms with van der Waals surface area (Å²) in [6.07, 6.45) is 1.23. The molecule has 1 atom stereocenters. The summed E-state index contributed by atoms with van der Waals surface area (Å²) in [4.78, 5) is 28.2.